The van der Waals surface area contributed by atoms with Gasteiger partial charge in [0.1, 0.15) is 5.69 Å². The van der Waals surface area contributed by atoms with Crippen molar-refractivity contribution in [3.8, 4) is 0 Å². The van der Waals surface area contributed by atoms with Crippen LogP contribution in [0.15, 0.2) is 36.5 Å². The quantitative estimate of drug-likeness (QED) is 0.937. The van der Waals surface area contributed by atoms with E-state index in [4.69, 9.17) is 0 Å². The number of aromatic nitrogens is 2. The van der Waals surface area contributed by atoms with Gasteiger partial charge in [0.2, 0.25) is 5.95 Å². The minimum absolute atomic E-state index is 0.00917. The second kappa shape index (κ2) is 6.77. The number of likely N-dealkylation sites (tertiary alicyclic amines) is 1. The summed E-state index contributed by atoms with van der Waals surface area (Å²) in [5.74, 6) is 0.848. The zero-order valence-corrected chi connectivity index (χ0v) is 13.6. The maximum atomic E-state index is 12.4. The van der Waals surface area contributed by atoms with E-state index in [1.54, 1.807) is 12.3 Å². The van der Waals surface area contributed by atoms with Crippen LogP contribution in [-0.2, 0) is 0 Å². The Hall–Kier alpha value is -2.43. The molecule has 1 aliphatic heterocycles. The van der Waals surface area contributed by atoms with Gasteiger partial charge < -0.3 is 10.2 Å². The SMILES string of the molecule is CC(C)c1ccccc1Nc1nccc(C(=O)N2CCCC2)n1. The normalized spacial score (nSPS) is 14.3. The molecule has 5 nitrogen and oxygen atoms in total. The summed E-state index contributed by atoms with van der Waals surface area (Å²) in [6, 6.07) is 9.78. The molecular formula is C18H22N4O. The van der Waals surface area contributed by atoms with Crippen molar-refractivity contribution < 1.29 is 4.79 Å². The lowest BCUT2D eigenvalue weighted by atomic mass is 10.0. The fourth-order valence-electron chi connectivity index (χ4n) is 2.86. The zero-order valence-electron chi connectivity index (χ0n) is 13.6. The highest BCUT2D eigenvalue weighted by molar-refractivity contribution is 5.92. The molecule has 2 heterocycles. The summed E-state index contributed by atoms with van der Waals surface area (Å²) in [5.41, 5.74) is 2.63. The molecule has 0 saturated carbocycles. The monoisotopic (exact) mass is 310 g/mol. The van der Waals surface area contributed by atoms with E-state index in [2.05, 4.69) is 35.2 Å². The summed E-state index contributed by atoms with van der Waals surface area (Å²) in [7, 11) is 0. The minimum Gasteiger partial charge on any atom is -0.337 e. The van der Waals surface area contributed by atoms with Crippen LogP contribution in [0.5, 0.6) is 0 Å². The molecule has 0 spiro atoms. The summed E-state index contributed by atoms with van der Waals surface area (Å²) in [5, 5.41) is 3.25. The van der Waals surface area contributed by atoms with Crippen molar-refractivity contribution in [1.29, 1.82) is 0 Å². The van der Waals surface area contributed by atoms with Crippen molar-refractivity contribution in [1.82, 2.24) is 14.9 Å². The third kappa shape index (κ3) is 3.50. The maximum Gasteiger partial charge on any atom is 0.272 e. The minimum atomic E-state index is -0.00917. The molecule has 0 radical (unpaired) electrons. The van der Waals surface area contributed by atoms with Crippen molar-refractivity contribution in [2.45, 2.75) is 32.6 Å². The van der Waals surface area contributed by atoms with E-state index in [0.717, 1.165) is 31.6 Å². The lowest BCUT2D eigenvalue weighted by Gasteiger charge is -2.16. The lowest BCUT2D eigenvalue weighted by Crippen LogP contribution is -2.28. The molecule has 1 aromatic carbocycles. The number of hydrogen-bond donors (Lipinski definition) is 1. The van der Waals surface area contributed by atoms with Crippen LogP contribution in [0.1, 0.15) is 48.7 Å². The first-order chi connectivity index (χ1) is 11.1. The van der Waals surface area contributed by atoms with E-state index >= 15 is 0 Å². The number of nitrogens with one attached hydrogen (secondary N) is 1. The predicted molar refractivity (Wildman–Crippen MR) is 91.0 cm³/mol. The fourth-order valence-corrected chi connectivity index (χ4v) is 2.86. The van der Waals surface area contributed by atoms with Gasteiger partial charge in [-0.25, -0.2) is 9.97 Å². The number of para-hydroxylation sites is 1. The fraction of sp³-hybridized carbons (Fsp3) is 0.389. The van der Waals surface area contributed by atoms with Crippen LogP contribution < -0.4 is 5.32 Å². The molecule has 0 bridgehead atoms. The number of carbonyl (C=O) groups is 1. The second-order valence-electron chi connectivity index (χ2n) is 6.13. The molecule has 5 heteroatoms. The molecule has 0 aliphatic carbocycles. The van der Waals surface area contributed by atoms with Crippen LogP contribution in [0.3, 0.4) is 0 Å². The highest BCUT2D eigenvalue weighted by Gasteiger charge is 2.21. The molecule has 1 aliphatic rings. The van der Waals surface area contributed by atoms with E-state index < -0.39 is 0 Å². The van der Waals surface area contributed by atoms with Gasteiger partial charge in [-0.3, -0.25) is 4.79 Å². The van der Waals surface area contributed by atoms with E-state index in [0.29, 0.717) is 17.6 Å². The second-order valence-corrected chi connectivity index (χ2v) is 6.13. The van der Waals surface area contributed by atoms with Crippen LogP contribution in [0, 0.1) is 0 Å². The van der Waals surface area contributed by atoms with Gasteiger partial charge >= 0.3 is 0 Å². The Balaban J connectivity index is 1.82. The summed E-state index contributed by atoms with van der Waals surface area (Å²) in [6.45, 7) is 5.94. The number of anilines is 2. The van der Waals surface area contributed by atoms with E-state index in [9.17, 15) is 4.79 Å². The standard InChI is InChI=1S/C18H22N4O/c1-13(2)14-7-3-4-8-15(14)20-18-19-10-9-16(21-18)17(23)22-11-5-6-12-22/h3-4,7-10,13H,5-6,11-12H2,1-2H3,(H,19,20,21). The van der Waals surface area contributed by atoms with Crippen molar-refractivity contribution in [2.75, 3.05) is 18.4 Å². The van der Waals surface area contributed by atoms with Crippen LogP contribution in [-0.4, -0.2) is 33.9 Å². The number of carbonyl (C=O) groups excluding carboxylic acids is 1. The topological polar surface area (TPSA) is 58.1 Å². The Morgan fingerprint density at radius 2 is 1.91 bits per heavy atom. The molecule has 1 fully saturated rings. The van der Waals surface area contributed by atoms with Crippen LogP contribution in [0.2, 0.25) is 0 Å². The molecule has 23 heavy (non-hydrogen) atoms. The van der Waals surface area contributed by atoms with E-state index in [-0.39, 0.29) is 5.91 Å². The first-order valence-corrected chi connectivity index (χ1v) is 8.13. The van der Waals surface area contributed by atoms with E-state index in [1.807, 2.05) is 23.1 Å². The van der Waals surface area contributed by atoms with Gasteiger partial charge in [-0.1, -0.05) is 32.0 Å². The van der Waals surface area contributed by atoms with E-state index in [1.165, 1.54) is 5.56 Å². The molecular weight excluding hydrogens is 288 g/mol. The maximum absolute atomic E-state index is 12.4. The smallest absolute Gasteiger partial charge is 0.272 e. The highest BCUT2D eigenvalue weighted by Crippen LogP contribution is 2.25. The first-order valence-electron chi connectivity index (χ1n) is 8.13. The Morgan fingerprint density at radius 1 is 1.17 bits per heavy atom. The summed E-state index contributed by atoms with van der Waals surface area (Å²) >= 11 is 0. The van der Waals surface area contributed by atoms with Gasteiger partial charge in [0.15, 0.2) is 0 Å². The van der Waals surface area contributed by atoms with Crippen molar-refractivity contribution in [2.24, 2.45) is 0 Å². The van der Waals surface area contributed by atoms with Gasteiger partial charge in [0.25, 0.3) is 5.91 Å². The van der Waals surface area contributed by atoms with Crippen LogP contribution in [0.4, 0.5) is 11.6 Å². The van der Waals surface area contributed by atoms with Gasteiger partial charge in [-0.05, 0) is 36.5 Å². The number of nitrogens with zero attached hydrogens (tertiary/aromatic N) is 3. The van der Waals surface area contributed by atoms with Crippen LogP contribution >= 0.6 is 0 Å². The van der Waals surface area contributed by atoms with Gasteiger partial charge in [-0.2, -0.15) is 0 Å². The first kappa shape index (κ1) is 15.5. The van der Waals surface area contributed by atoms with Gasteiger partial charge in [0, 0.05) is 25.0 Å². The molecule has 1 aromatic heterocycles. The van der Waals surface area contributed by atoms with Crippen molar-refractivity contribution in [3.05, 3.63) is 47.8 Å². The number of rotatable bonds is 4. The number of amides is 1. The molecule has 120 valence electrons. The summed E-state index contributed by atoms with van der Waals surface area (Å²) in [4.78, 5) is 22.9. The Kier molecular flexibility index (Phi) is 4.55. The van der Waals surface area contributed by atoms with Crippen molar-refractivity contribution in [3.63, 3.8) is 0 Å². The molecule has 0 atom stereocenters. The largest absolute Gasteiger partial charge is 0.337 e. The number of benzene rings is 1. The summed E-state index contributed by atoms with van der Waals surface area (Å²) < 4.78 is 0. The third-order valence-electron chi connectivity index (χ3n) is 4.10. The van der Waals surface area contributed by atoms with Crippen LogP contribution in [0.25, 0.3) is 0 Å². The Labute approximate surface area is 136 Å². The average molecular weight is 310 g/mol. The van der Waals surface area contributed by atoms with Gasteiger partial charge in [0.05, 0.1) is 0 Å². The molecule has 1 saturated heterocycles. The molecule has 3 rings (SSSR count). The molecule has 1 amide bonds. The molecule has 1 N–H and O–H groups in total. The lowest BCUT2D eigenvalue weighted by molar-refractivity contribution is 0.0787. The highest BCUT2D eigenvalue weighted by atomic mass is 16.2. The van der Waals surface area contributed by atoms with Crippen molar-refractivity contribution >= 4 is 17.5 Å². The molecule has 2 aromatic rings. The predicted octanol–water partition coefficient (Wildman–Crippen LogP) is 3.58. The Bertz CT molecular complexity index is 693. The Morgan fingerprint density at radius 3 is 2.65 bits per heavy atom. The average Bonchev–Trinajstić information content (AvgIpc) is 3.09. The zero-order chi connectivity index (χ0) is 16.2. The number of hydrogen-bond acceptors (Lipinski definition) is 4. The molecule has 0 unspecified atom stereocenters. The van der Waals surface area contributed by atoms with Gasteiger partial charge in [-0.15, -0.1) is 0 Å². The summed E-state index contributed by atoms with van der Waals surface area (Å²) in [6.07, 6.45) is 3.78. The third-order valence-corrected chi connectivity index (χ3v) is 4.10.